The zero-order valence-electron chi connectivity index (χ0n) is 21.9. The number of halogens is 1. The molecule has 2 aromatic carbocycles. The number of benzene rings is 2. The van der Waals surface area contributed by atoms with Gasteiger partial charge >= 0.3 is 0 Å². The lowest BCUT2D eigenvalue weighted by Gasteiger charge is -2.31. The number of aliphatic hydroxyl groups is 1. The van der Waals surface area contributed by atoms with E-state index in [1.54, 1.807) is 36.4 Å². The maximum Gasteiger partial charge on any atom is 0.125 e. The highest BCUT2D eigenvalue weighted by atomic mass is 19.1. The summed E-state index contributed by atoms with van der Waals surface area (Å²) in [4.78, 5) is 12.1. The van der Waals surface area contributed by atoms with Crippen LogP contribution in [0.4, 0.5) is 10.1 Å². The first kappa shape index (κ1) is 31.5. The third kappa shape index (κ3) is 13.9. The molecule has 0 saturated carbocycles. The molecule has 1 fully saturated rings. The van der Waals surface area contributed by atoms with E-state index in [0.29, 0.717) is 5.92 Å². The summed E-state index contributed by atoms with van der Waals surface area (Å²) in [6, 6.07) is 12.8. The van der Waals surface area contributed by atoms with Gasteiger partial charge in [-0.05, 0) is 99.3 Å². The topological polar surface area (TPSA) is 93.4 Å². The fourth-order valence-electron chi connectivity index (χ4n) is 3.62. The highest BCUT2D eigenvalue weighted by Crippen LogP contribution is 2.23. The summed E-state index contributed by atoms with van der Waals surface area (Å²) in [7, 11) is 0. The molecule has 1 heterocycles. The molecule has 1 atom stereocenters. The summed E-state index contributed by atoms with van der Waals surface area (Å²) in [6.45, 7) is 11.8. The molecule has 7 heteroatoms. The van der Waals surface area contributed by atoms with E-state index in [1.807, 2.05) is 32.9 Å². The van der Waals surface area contributed by atoms with Crippen molar-refractivity contribution in [1.29, 1.82) is 0 Å². The van der Waals surface area contributed by atoms with Gasteiger partial charge in [-0.25, -0.2) is 4.39 Å². The molecule has 200 valence electrons. The number of rotatable bonds is 7. The van der Waals surface area contributed by atoms with Crippen LogP contribution in [-0.4, -0.2) is 46.0 Å². The van der Waals surface area contributed by atoms with Crippen LogP contribution in [0.2, 0.25) is 0 Å². The summed E-state index contributed by atoms with van der Waals surface area (Å²) in [5.41, 5.74) is 1.91. The summed E-state index contributed by atoms with van der Waals surface area (Å²) >= 11 is 0. The number of allylic oxidation sites excluding steroid dienone is 6. The zero-order valence-corrected chi connectivity index (χ0v) is 21.9. The Labute approximate surface area is 219 Å². The van der Waals surface area contributed by atoms with Crippen LogP contribution in [0.15, 0.2) is 96.0 Å². The van der Waals surface area contributed by atoms with Gasteiger partial charge in [-0.15, -0.1) is 4.91 Å². The van der Waals surface area contributed by atoms with Crippen molar-refractivity contribution in [2.24, 2.45) is 11.1 Å². The third-order valence-corrected chi connectivity index (χ3v) is 5.49. The van der Waals surface area contributed by atoms with Crippen molar-refractivity contribution in [3.05, 3.63) is 101 Å². The van der Waals surface area contributed by atoms with Crippen molar-refractivity contribution in [2.75, 3.05) is 19.6 Å². The van der Waals surface area contributed by atoms with Crippen LogP contribution in [0.5, 0.6) is 11.5 Å². The number of piperidine rings is 1. The molecule has 0 radical (unpaired) electrons. The number of phenols is 2. The molecule has 0 bridgehead atoms. The van der Waals surface area contributed by atoms with Crippen LogP contribution in [-0.2, 0) is 0 Å². The van der Waals surface area contributed by atoms with E-state index in [0.717, 1.165) is 43.6 Å². The highest BCUT2D eigenvalue weighted by Gasteiger charge is 2.18. The molecule has 0 spiro atoms. The Kier molecular flexibility index (Phi) is 15.2. The second kappa shape index (κ2) is 17.8. The number of nitrogens with zero attached hydrogens (tertiary/aromatic N) is 2. The number of nitroso groups, excluding NO2 is 1. The maximum absolute atomic E-state index is 13.7. The molecule has 1 saturated heterocycles. The van der Waals surface area contributed by atoms with Crippen LogP contribution in [0.1, 0.15) is 39.2 Å². The van der Waals surface area contributed by atoms with Gasteiger partial charge in [-0.2, -0.15) is 0 Å². The number of aromatic hydroxyl groups is 2. The van der Waals surface area contributed by atoms with E-state index in [4.69, 9.17) is 10.2 Å². The molecule has 0 amide bonds. The van der Waals surface area contributed by atoms with Gasteiger partial charge in [0.25, 0.3) is 0 Å². The average Bonchev–Trinajstić information content (AvgIpc) is 2.88. The predicted octanol–water partition coefficient (Wildman–Crippen LogP) is 7.28. The third-order valence-electron chi connectivity index (χ3n) is 5.49. The van der Waals surface area contributed by atoms with E-state index in [-0.39, 0.29) is 29.1 Å². The first-order chi connectivity index (χ1) is 17.7. The Balaban J connectivity index is 0.000000314. The van der Waals surface area contributed by atoms with Crippen LogP contribution in [0.3, 0.4) is 0 Å². The number of hydrogen-bond donors (Lipinski definition) is 3. The molecule has 3 N–H and O–H groups in total. The lowest BCUT2D eigenvalue weighted by Crippen LogP contribution is -2.37. The van der Waals surface area contributed by atoms with Crippen LogP contribution >= 0.6 is 0 Å². The summed E-state index contributed by atoms with van der Waals surface area (Å²) in [5, 5.41) is 29.6. The van der Waals surface area contributed by atoms with Gasteiger partial charge in [0.15, 0.2) is 0 Å². The molecule has 37 heavy (non-hydrogen) atoms. The Bertz CT molecular complexity index is 1010. The minimum Gasteiger partial charge on any atom is -0.508 e. The van der Waals surface area contributed by atoms with Gasteiger partial charge in [-0.3, -0.25) is 0 Å². The van der Waals surface area contributed by atoms with Gasteiger partial charge in [0.2, 0.25) is 0 Å². The molecule has 1 unspecified atom stereocenters. The van der Waals surface area contributed by atoms with Crippen molar-refractivity contribution in [1.82, 2.24) is 4.90 Å². The monoisotopic (exact) mass is 510 g/mol. The highest BCUT2D eigenvalue weighted by molar-refractivity contribution is 5.49. The average molecular weight is 511 g/mol. The smallest absolute Gasteiger partial charge is 0.125 e. The lowest BCUT2D eigenvalue weighted by atomic mass is 9.94. The molecule has 1 aliphatic rings. The Morgan fingerprint density at radius 1 is 1.16 bits per heavy atom. The quantitative estimate of drug-likeness (QED) is 0.269. The van der Waals surface area contributed by atoms with Gasteiger partial charge in [0, 0.05) is 12.6 Å². The number of likely N-dealkylation sites (tertiary alicyclic amines) is 1. The molecular formula is C30H39FN2O4. The van der Waals surface area contributed by atoms with E-state index in [2.05, 4.69) is 22.7 Å². The largest absolute Gasteiger partial charge is 0.508 e. The fourth-order valence-corrected chi connectivity index (χ4v) is 3.62. The van der Waals surface area contributed by atoms with Gasteiger partial charge < -0.3 is 20.2 Å². The van der Waals surface area contributed by atoms with E-state index in [1.165, 1.54) is 24.3 Å². The standard InChI is InChI=1S/C16H26FNO.C8H8O.C6H5NO2/c1-4-5-6-16(17)13(2)11-15-7-9-18(10-8-15)12-14(3)19;1-2-7-4-3-5-8(9)6-7;8-6-3-1-2-5(4-6)7-9/h4-6,11,14-15,19H,7-10,12H2,1-3H3;2-6,9H,1H2;1-4,8H/b5-4-,13-11?,16-6+;;. The first-order valence-electron chi connectivity index (χ1n) is 12.3. The number of β-amino-alcohol motifs (C(OH)–C–C–N with tert-alkyl or cyclic N) is 1. The molecule has 2 aromatic rings. The lowest BCUT2D eigenvalue weighted by molar-refractivity contribution is 0.106. The Morgan fingerprint density at radius 3 is 2.24 bits per heavy atom. The summed E-state index contributed by atoms with van der Waals surface area (Å²) in [5.74, 6) is 0.652. The second-order valence-corrected chi connectivity index (χ2v) is 8.79. The SMILES string of the molecule is C/C=C\C=C(\F)C(C)=CC1CCN(CC(C)O)CC1.C=Cc1cccc(O)c1.O=Nc1cccc(O)c1. The second-order valence-electron chi connectivity index (χ2n) is 8.79. The van der Waals surface area contributed by atoms with Crippen LogP contribution in [0.25, 0.3) is 6.08 Å². The van der Waals surface area contributed by atoms with Crippen molar-refractivity contribution in [3.63, 3.8) is 0 Å². The van der Waals surface area contributed by atoms with Gasteiger partial charge in [0.1, 0.15) is 23.0 Å². The minimum atomic E-state index is -0.268. The normalized spacial score (nSPS) is 15.7. The Hall–Kier alpha value is -3.55. The molecule has 1 aliphatic heterocycles. The number of hydrogen-bond acceptors (Lipinski definition) is 6. The molecule has 0 aliphatic carbocycles. The van der Waals surface area contributed by atoms with Gasteiger partial charge in [0.05, 0.1) is 6.10 Å². The van der Waals surface area contributed by atoms with Gasteiger partial charge in [-0.1, -0.05) is 49.1 Å². The Morgan fingerprint density at radius 2 is 1.78 bits per heavy atom. The number of aliphatic hydroxyl groups excluding tert-OH is 1. The molecule has 6 nitrogen and oxygen atoms in total. The van der Waals surface area contributed by atoms with E-state index < -0.39 is 0 Å². The van der Waals surface area contributed by atoms with Crippen LogP contribution in [0, 0.1) is 10.8 Å². The van der Waals surface area contributed by atoms with Crippen molar-refractivity contribution >= 4 is 11.8 Å². The van der Waals surface area contributed by atoms with Crippen molar-refractivity contribution < 1.29 is 19.7 Å². The predicted molar refractivity (Wildman–Crippen MR) is 150 cm³/mol. The van der Waals surface area contributed by atoms with Crippen molar-refractivity contribution in [2.45, 2.75) is 39.7 Å². The van der Waals surface area contributed by atoms with E-state index in [9.17, 15) is 14.4 Å². The summed E-state index contributed by atoms with van der Waals surface area (Å²) in [6.07, 6.45) is 10.6. The van der Waals surface area contributed by atoms with Crippen LogP contribution < -0.4 is 0 Å². The number of phenolic OH excluding ortho intramolecular Hbond substituents is 2. The molecule has 3 rings (SSSR count). The van der Waals surface area contributed by atoms with Crippen molar-refractivity contribution in [3.8, 4) is 11.5 Å². The molecular weight excluding hydrogens is 471 g/mol. The minimum absolute atomic E-state index is 0.0621. The summed E-state index contributed by atoms with van der Waals surface area (Å²) < 4.78 is 13.7. The van der Waals surface area contributed by atoms with E-state index >= 15 is 0 Å². The fraction of sp³-hybridized carbons (Fsp3) is 0.333. The zero-order chi connectivity index (χ0) is 27.6. The molecule has 0 aromatic heterocycles. The maximum atomic E-state index is 13.7. The first-order valence-corrected chi connectivity index (χ1v) is 12.3.